The van der Waals surface area contributed by atoms with E-state index in [9.17, 15) is 4.79 Å². The van der Waals surface area contributed by atoms with Gasteiger partial charge in [-0.25, -0.2) is 0 Å². The van der Waals surface area contributed by atoms with Gasteiger partial charge >= 0.3 is 5.97 Å². The number of rotatable bonds is 17. The molecule has 22 heavy (non-hydrogen) atoms. The van der Waals surface area contributed by atoms with E-state index >= 15 is 0 Å². The zero-order chi connectivity index (χ0) is 15.6. The predicted molar refractivity (Wildman–Crippen MR) is 97.1 cm³/mol. The highest BCUT2D eigenvalue weighted by atomic mass is 35.5. The summed E-state index contributed by atoms with van der Waals surface area (Å²) >= 11 is 0. The van der Waals surface area contributed by atoms with Gasteiger partial charge in [0.25, 0.3) is 0 Å². The van der Waals surface area contributed by atoms with Gasteiger partial charge in [-0.2, -0.15) is 0 Å². The van der Waals surface area contributed by atoms with Gasteiger partial charge in [0, 0.05) is 0 Å². The highest BCUT2D eigenvalue weighted by Crippen LogP contribution is 2.10. The lowest BCUT2D eigenvalue weighted by Gasteiger charge is -2.05. The zero-order valence-electron chi connectivity index (χ0n) is 14.4. The molecule has 0 saturated carbocycles. The van der Waals surface area contributed by atoms with Crippen molar-refractivity contribution in [3.63, 3.8) is 0 Å². The number of carboxylic acid groups (broad SMARTS) is 1. The third-order valence-corrected chi connectivity index (χ3v) is 3.69. The molecular formula is C17H37ClN2O2. The smallest absolute Gasteiger partial charge is 0.317 e. The molecule has 134 valence electrons. The van der Waals surface area contributed by atoms with E-state index in [1.807, 2.05) is 0 Å². The lowest BCUT2D eigenvalue weighted by molar-refractivity contribution is -0.135. The van der Waals surface area contributed by atoms with Crippen molar-refractivity contribution in [2.45, 2.75) is 77.6 Å². The van der Waals surface area contributed by atoms with Crippen molar-refractivity contribution < 1.29 is 9.90 Å². The number of nitrogens with one attached hydrogen (secondary N) is 2. The van der Waals surface area contributed by atoms with E-state index in [4.69, 9.17) is 5.11 Å². The summed E-state index contributed by atoms with van der Waals surface area (Å²) in [5.74, 6) is -0.784. The second-order valence-corrected chi connectivity index (χ2v) is 5.86. The summed E-state index contributed by atoms with van der Waals surface area (Å²) < 4.78 is 0. The molecule has 0 unspecified atom stereocenters. The van der Waals surface area contributed by atoms with E-state index in [1.54, 1.807) is 0 Å². The van der Waals surface area contributed by atoms with Gasteiger partial charge in [0.2, 0.25) is 0 Å². The Kier molecular flexibility index (Phi) is 22.5. The largest absolute Gasteiger partial charge is 0.480 e. The van der Waals surface area contributed by atoms with Crippen molar-refractivity contribution in [3.05, 3.63) is 0 Å². The van der Waals surface area contributed by atoms with Crippen LogP contribution in [0.15, 0.2) is 0 Å². The summed E-state index contributed by atoms with van der Waals surface area (Å²) in [5.41, 5.74) is 0. The minimum atomic E-state index is -0.784. The number of hydrogen-bond donors (Lipinski definition) is 3. The topological polar surface area (TPSA) is 61.4 Å². The van der Waals surface area contributed by atoms with Crippen molar-refractivity contribution in [1.29, 1.82) is 0 Å². The SMILES string of the molecule is CCCCCCCCCCCCNCCCNCC(=O)O.Cl. The first-order valence-electron chi connectivity index (χ1n) is 8.90. The van der Waals surface area contributed by atoms with Crippen LogP contribution in [0.2, 0.25) is 0 Å². The van der Waals surface area contributed by atoms with E-state index in [2.05, 4.69) is 17.6 Å². The second kappa shape index (κ2) is 20.7. The number of halogens is 1. The molecule has 0 aromatic carbocycles. The van der Waals surface area contributed by atoms with Crippen LogP contribution in [-0.2, 0) is 4.79 Å². The van der Waals surface area contributed by atoms with Crippen molar-refractivity contribution in [2.24, 2.45) is 0 Å². The third-order valence-electron chi connectivity index (χ3n) is 3.69. The number of carbonyl (C=O) groups is 1. The number of aliphatic carboxylic acids is 1. The molecule has 0 heterocycles. The molecule has 0 bridgehead atoms. The Balaban J connectivity index is 0. The van der Waals surface area contributed by atoms with Gasteiger partial charge in [-0.3, -0.25) is 4.79 Å². The highest BCUT2D eigenvalue weighted by Gasteiger charge is 1.95. The molecule has 0 aromatic rings. The van der Waals surface area contributed by atoms with Crippen molar-refractivity contribution in [2.75, 3.05) is 26.2 Å². The number of hydrogen-bond acceptors (Lipinski definition) is 3. The summed E-state index contributed by atoms with van der Waals surface area (Å²) in [6.07, 6.45) is 14.8. The fraction of sp³-hybridized carbons (Fsp3) is 0.941. The summed E-state index contributed by atoms with van der Waals surface area (Å²) in [5, 5.41) is 14.8. The normalized spacial score (nSPS) is 10.4. The molecule has 0 spiro atoms. The van der Waals surface area contributed by atoms with Crippen LogP contribution in [0, 0.1) is 0 Å². The fourth-order valence-electron chi connectivity index (χ4n) is 2.40. The van der Waals surface area contributed by atoms with Crippen molar-refractivity contribution in [1.82, 2.24) is 10.6 Å². The van der Waals surface area contributed by atoms with Gasteiger partial charge in [0.1, 0.15) is 0 Å². The third kappa shape index (κ3) is 22.0. The number of carboxylic acids is 1. The summed E-state index contributed by atoms with van der Waals surface area (Å²) in [7, 11) is 0. The maximum atomic E-state index is 10.3. The van der Waals surface area contributed by atoms with Crippen LogP contribution in [0.1, 0.15) is 77.6 Å². The van der Waals surface area contributed by atoms with Crippen LogP contribution in [0.4, 0.5) is 0 Å². The lowest BCUT2D eigenvalue weighted by Crippen LogP contribution is -2.26. The number of unbranched alkanes of at least 4 members (excludes halogenated alkanes) is 9. The highest BCUT2D eigenvalue weighted by molar-refractivity contribution is 5.85. The molecule has 4 nitrogen and oxygen atoms in total. The van der Waals surface area contributed by atoms with Gasteiger partial charge in [0.05, 0.1) is 6.54 Å². The first kappa shape index (κ1) is 23.9. The molecular weight excluding hydrogens is 300 g/mol. The quantitative estimate of drug-likeness (QED) is 0.351. The Morgan fingerprint density at radius 2 is 1.18 bits per heavy atom. The van der Waals surface area contributed by atoms with E-state index < -0.39 is 5.97 Å². The molecule has 0 atom stereocenters. The van der Waals surface area contributed by atoms with Gasteiger partial charge in [-0.1, -0.05) is 64.7 Å². The van der Waals surface area contributed by atoms with Crippen LogP contribution < -0.4 is 10.6 Å². The minimum absolute atomic E-state index is 0. The van der Waals surface area contributed by atoms with Gasteiger partial charge in [0.15, 0.2) is 0 Å². The molecule has 0 aliphatic carbocycles. The first-order valence-corrected chi connectivity index (χ1v) is 8.90. The van der Waals surface area contributed by atoms with Crippen LogP contribution in [0.25, 0.3) is 0 Å². The Bertz CT molecular complexity index is 229. The van der Waals surface area contributed by atoms with Gasteiger partial charge < -0.3 is 15.7 Å². The molecule has 0 amide bonds. The fourth-order valence-corrected chi connectivity index (χ4v) is 2.40. The Morgan fingerprint density at radius 3 is 1.73 bits per heavy atom. The average molecular weight is 337 g/mol. The molecule has 5 heteroatoms. The summed E-state index contributed by atoms with van der Waals surface area (Å²) in [4.78, 5) is 10.3. The molecule has 0 fully saturated rings. The summed E-state index contributed by atoms with van der Waals surface area (Å²) in [6.45, 7) is 5.18. The van der Waals surface area contributed by atoms with Crippen LogP contribution in [-0.4, -0.2) is 37.3 Å². The van der Waals surface area contributed by atoms with E-state index in [-0.39, 0.29) is 19.0 Å². The molecule has 0 rings (SSSR count). The van der Waals surface area contributed by atoms with Crippen molar-refractivity contribution >= 4 is 18.4 Å². The zero-order valence-corrected chi connectivity index (χ0v) is 15.2. The average Bonchev–Trinajstić information content (AvgIpc) is 2.46. The van der Waals surface area contributed by atoms with E-state index in [1.165, 1.54) is 64.2 Å². The molecule has 3 N–H and O–H groups in total. The van der Waals surface area contributed by atoms with E-state index in [0.29, 0.717) is 0 Å². The molecule has 0 aliphatic heterocycles. The molecule has 0 aromatic heterocycles. The maximum Gasteiger partial charge on any atom is 0.317 e. The second-order valence-electron chi connectivity index (χ2n) is 5.86. The molecule has 0 saturated heterocycles. The minimum Gasteiger partial charge on any atom is -0.480 e. The molecule has 0 aliphatic rings. The Hall–Kier alpha value is -0.320. The standard InChI is InChI=1S/C17H36N2O2.ClH/c1-2-3-4-5-6-7-8-9-10-11-13-18-14-12-15-19-16-17(20)21;/h18-19H,2-16H2,1H3,(H,20,21);1H. The van der Waals surface area contributed by atoms with Crippen LogP contribution in [0.5, 0.6) is 0 Å². The van der Waals surface area contributed by atoms with Crippen LogP contribution >= 0.6 is 12.4 Å². The van der Waals surface area contributed by atoms with E-state index in [0.717, 1.165) is 26.1 Å². The monoisotopic (exact) mass is 336 g/mol. The first-order chi connectivity index (χ1) is 10.3. The Labute approximate surface area is 143 Å². The van der Waals surface area contributed by atoms with Crippen molar-refractivity contribution in [3.8, 4) is 0 Å². The van der Waals surface area contributed by atoms with Crippen LogP contribution in [0.3, 0.4) is 0 Å². The summed E-state index contributed by atoms with van der Waals surface area (Å²) in [6, 6.07) is 0. The van der Waals surface area contributed by atoms with Gasteiger partial charge in [-0.15, -0.1) is 12.4 Å². The van der Waals surface area contributed by atoms with Gasteiger partial charge in [-0.05, 0) is 32.5 Å². The Morgan fingerprint density at radius 1 is 0.727 bits per heavy atom. The lowest BCUT2D eigenvalue weighted by atomic mass is 10.1. The molecule has 0 radical (unpaired) electrons. The maximum absolute atomic E-state index is 10.3. The predicted octanol–water partition coefficient (Wildman–Crippen LogP) is 3.98.